The summed E-state index contributed by atoms with van der Waals surface area (Å²) in [6, 6.07) is 0. The Morgan fingerprint density at radius 1 is 1.71 bits per heavy atom. The van der Waals surface area contributed by atoms with Gasteiger partial charge in [-0.2, -0.15) is 5.10 Å². The summed E-state index contributed by atoms with van der Waals surface area (Å²) in [4.78, 5) is 0. The van der Waals surface area contributed by atoms with E-state index >= 15 is 0 Å². The second kappa shape index (κ2) is 5.34. The molecule has 4 nitrogen and oxygen atoms in total. The molecule has 1 aromatic heterocycles. The van der Waals surface area contributed by atoms with Crippen LogP contribution in [0.3, 0.4) is 0 Å². The van der Waals surface area contributed by atoms with Crippen molar-refractivity contribution < 1.29 is 4.74 Å². The van der Waals surface area contributed by atoms with Crippen molar-refractivity contribution in [3.8, 4) is 0 Å². The molecular formula is C9H16ClN3O. The third-order valence-corrected chi connectivity index (χ3v) is 2.31. The van der Waals surface area contributed by atoms with Gasteiger partial charge in [-0.05, 0) is 13.8 Å². The van der Waals surface area contributed by atoms with Crippen LogP contribution in [0.5, 0.6) is 0 Å². The first-order valence-corrected chi connectivity index (χ1v) is 5.06. The number of aryl methyl sites for hydroxylation is 1. The Hall–Kier alpha value is -0.580. The molecular weight excluding hydrogens is 202 g/mol. The molecule has 0 spiro atoms. The van der Waals surface area contributed by atoms with E-state index in [0.29, 0.717) is 24.7 Å². The summed E-state index contributed by atoms with van der Waals surface area (Å²) in [7, 11) is 0. The van der Waals surface area contributed by atoms with Gasteiger partial charge in [0.25, 0.3) is 0 Å². The summed E-state index contributed by atoms with van der Waals surface area (Å²) < 4.78 is 7.18. The van der Waals surface area contributed by atoms with E-state index in [4.69, 9.17) is 22.1 Å². The van der Waals surface area contributed by atoms with Gasteiger partial charge < -0.3 is 10.5 Å². The number of halogens is 1. The molecule has 0 saturated heterocycles. The first-order chi connectivity index (χ1) is 6.67. The Balaban J connectivity index is 2.57. The zero-order valence-electron chi connectivity index (χ0n) is 8.53. The van der Waals surface area contributed by atoms with Gasteiger partial charge in [0.15, 0.2) is 0 Å². The van der Waals surface area contributed by atoms with Crippen LogP contribution in [0, 0.1) is 6.92 Å². The fourth-order valence-corrected chi connectivity index (χ4v) is 1.38. The molecule has 14 heavy (non-hydrogen) atoms. The molecule has 1 aromatic rings. The van der Waals surface area contributed by atoms with Gasteiger partial charge in [0.1, 0.15) is 0 Å². The molecule has 1 atom stereocenters. The highest BCUT2D eigenvalue weighted by Crippen LogP contribution is 2.12. The SMILES string of the molecule is CCOC(CN)Cn1cc(Cl)c(C)n1. The molecule has 0 aliphatic heterocycles. The van der Waals surface area contributed by atoms with Gasteiger partial charge in [-0.15, -0.1) is 0 Å². The van der Waals surface area contributed by atoms with Crippen molar-refractivity contribution in [3.63, 3.8) is 0 Å². The second-order valence-electron chi connectivity index (χ2n) is 3.10. The topological polar surface area (TPSA) is 53.1 Å². The van der Waals surface area contributed by atoms with Crippen molar-refractivity contribution in [3.05, 3.63) is 16.9 Å². The third-order valence-electron chi connectivity index (χ3n) is 1.94. The summed E-state index contributed by atoms with van der Waals surface area (Å²) in [5.74, 6) is 0. The maximum absolute atomic E-state index is 5.88. The summed E-state index contributed by atoms with van der Waals surface area (Å²) in [5, 5.41) is 4.91. The van der Waals surface area contributed by atoms with Crippen molar-refractivity contribution in [1.82, 2.24) is 9.78 Å². The Morgan fingerprint density at radius 2 is 2.43 bits per heavy atom. The average Bonchev–Trinajstić information content (AvgIpc) is 2.45. The Bertz CT molecular complexity index is 268. The molecule has 0 aromatic carbocycles. The molecule has 1 unspecified atom stereocenters. The van der Waals surface area contributed by atoms with Crippen molar-refractivity contribution in [1.29, 1.82) is 0 Å². The quantitative estimate of drug-likeness (QED) is 0.807. The number of aromatic nitrogens is 2. The number of rotatable bonds is 5. The van der Waals surface area contributed by atoms with E-state index in [1.807, 2.05) is 13.8 Å². The van der Waals surface area contributed by atoms with E-state index < -0.39 is 0 Å². The van der Waals surface area contributed by atoms with E-state index in [1.165, 1.54) is 0 Å². The highest BCUT2D eigenvalue weighted by atomic mass is 35.5. The number of nitrogens with zero attached hydrogens (tertiary/aromatic N) is 2. The van der Waals surface area contributed by atoms with Crippen LogP contribution < -0.4 is 5.73 Å². The van der Waals surface area contributed by atoms with Crippen molar-refractivity contribution in [2.45, 2.75) is 26.5 Å². The predicted molar refractivity (Wildman–Crippen MR) is 56.4 cm³/mol. The molecule has 1 rings (SSSR count). The van der Waals surface area contributed by atoms with E-state index in [2.05, 4.69) is 5.10 Å². The molecule has 5 heteroatoms. The number of hydrogen-bond acceptors (Lipinski definition) is 3. The van der Waals surface area contributed by atoms with Crippen molar-refractivity contribution in [2.24, 2.45) is 5.73 Å². The Kier molecular flexibility index (Phi) is 4.38. The molecule has 0 fully saturated rings. The van der Waals surface area contributed by atoms with Crippen LogP contribution in [0.1, 0.15) is 12.6 Å². The highest BCUT2D eigenvalue weighted by molar-refractivity contribution is 6.31. The van der Waals surface area contributed by atoms with E-state index in [-0.39, 0.29) is 6.10 Å². The predicted octanol–water partition coefficient (Wildman–Crippen LogP) is 1.21. The van der Waals surface area contributed by atoms with Gasteiger partial charge in [-0.1, -0.05) is 11.6 Å². The monoisotopic (exact) mass is 217 g/mol. The van der Waals surface area contributed by atoms with Gasteiger partial charge in [0.2, 0.25) is 0 Å². The second-order valence-corrected chi connectivity index (χ2v) is 3.50. The van der Waals surface area contributed by atoms with Crippen LogP contribution in [-0.2, 0) is 11.3 Å². The first-order valence-electron chi connectivity index (χ1n) is 4.68. The summed E-state index contributed by atoms with van der Waals surface area (Å²) in [6.07, 6.45) is 1.80. The minimum absolute atomic E-state index is 0.00960. The summed E-state index contributed by atoms with van der Waals surface area (Å²) >= 11 is 5.88. The summed E-state index contributed by atoms with van der Waals surface area (Å²) in [6.45, 7) is 5.62. The van der Waals surface area contributed by atoms with Crippen molar-refractivity contribution >= 4 is 11.6 Å². The van der Waals surface area contributed by atoms with Gasteiger partial charge in [-0.25, -0.2) is 0 Å². The third kappa shape index (κ3) is 2.97. The minimum Gasteiger partial charge on any atom is -0.375 e. The van der Waals surface area contributed by atoms with Gasteiger partial charge >= 0.3 is 0 Å². The molecule has 0 amide bonds. The smallest absolute Gasteiger partial charge is 0.0892 e. The lowest BCUT2D eigenvalue weighted by atomic mass is 10.3. The van der Waals surface area contributed by atoms with Gasteiger partial charge in [0, 0.05) is 19.3 Å². The first kappa shape index (κ1) is 11.5. The fraction of sp³-hybridized carbons (Fsp3) is 0.667. The van der Waals surface area contributed by atoms with Crippen LogP contribution >= 0.6 is 11.6 Å². The molecule has 0 radical (unpaired) electrons. The summed E-state index contributed by atoms with van der Waals surface area (Å²) in [5.41, 5.74) is 6.38. The van der Waals surface area contributed by atoms with Crippen LogP contribution in [0.15, 0.2) is 6.20 Å². The largest absolute Gasteiger partial charge is 0.375 e. The Morgan fingerprint density at radius 3 is 2.86 bits per heavy atom. The van der Waals surface area contributed by atoms with Gasteiger partial charge in [0.05, 0.1) is 23.4 Å². The zero-order chi connectivity index (χ0) is 10.6. The lowest BCUT2D eigenvalue weighted by Gasteiger charge is -2.14. The molecule has 80 valence electrons. The normalized spacial score (nSPS) is 13.1. The van der Waals surface area contributed by atoms with Crippen LogP contribution in [0.4, 0.5) is 0 Å². The molecule has 0 aliphatic carbocycles. The minimum atomic E-state index is 0.00960. The highest BCUT2D eigenvalue weighted by Gasteiger charge is 2.09. The molecule has 0 aliphatic rings. The lowest BCUT2D eigenvalue weighted by molar-refractivity contribution is 0.0542. The maximum atomic E-state index is 5.88. The van der Waals surface area contributed by atoms with Crippen LogP contribution in [0.25, 0.3) is 0 Å². The van der Waals surface area contributed by atoms with E-state index in [1.54, 1.807) is 10.9 Å². The number of ether oxygens (including phenoxy) is 1. The fourth-order valence-electron chi connectivity index (χ4n) is 1.23. The lowest BCUT2D eigenvalue weighted by Crippen LogP contribution is -2.29. The molecule has 0 bridgehead atoms. The maximum Gasteiger partial charge on any atom is 0.0892 e. The standard InChI is InChI=1S/C9H16ClN3O/c1-3-14-8(4-11)5-13-6-9(10)7(2)12-13/h6,8H,3-5,11H2,1-2H3. The molecule has 1 heterocycles. The van der Waals surface area contributed by atoms with Crippen molar-refractivity contribution in [2.75, 3.05) is 13.2 Å². The average molecular weight is 218 g/mol. The van der Waals surface area contributed by atoms with Crippen LogP contribution in [-0.4, -0.2) is 29.0 Å². The zero-order valence-corrected chi connectivity index (χ0v) is 9.29. The number of hydrogen-bond donors (Lipinski definition) is 1. The van der Waals surface area contributed by atoms with E-state index in [9.17, 15) is 0 Å². The molecule has 2 N–H and O–H groups in total. The Labute approximate surface area is 89.0 Å². The number of nitrogens with two attached hydrogens (primary N) is 1. The van der Waals surface area contributed by atoms with Gasteiger partial charge in [-0.3, -0.25) is 4.68 Å². The van der Waals surface area contributed by atoms with Crippen LogP contribution in [0.2, 0.25) is 5.02 Å². The van der Waals surface area contributed by atoms with E-state index in [0.717, 1.165) is 5.69 Å². The molecule has 0 saturated carbocycles.